The Bertz CT molecular complexity index is 751. The molecular weight excluding hydrogens is 361 g/mol. The number of hydrogen-bond acceptors (Lipinski definition) is 3. The lowest BCUT2D eigenvalue weighted by Crippen LogP contribution is -2.31. The van der Waals surface area contributed by atoms with Crippen LogP contribution in [0.4, 0.5) is 4.39 Å². The van der Waals surface area contributed by atoms with Crippen LogP contribution in [0.15, 0.2) is 48.5 Å². The zero-order valence-corrected chi connectivity index (χ0v) is 14.7. The van der Waals surface area contributed by atoms with Crippen molar-refractivity contribution in [3.63, 3.8) is 0 Å². The van der Waals surface area contributed by atoms with E-state index in [2.05, 4.69) is 5.32 Å². The molecule has 2 N–H and O–H groups in total. The van der Waals surface area contributed by atoms with Crippen LogP contribution in [0.3, 0.4) is 0 Å². The second-order valence-corrected chi connectivity index (χ2v) is 6.04. The van der Waals surface area contributed by atoms with Crippen molar-refractivity contribution in [3.05, 3.63) is 64.9 Å². The summed E-state index contributed by atoms with van der Waals surface area (Å²) >= 11 is 5.96. The van der Waals surface area contributed by atoms with Gasteiger partial charge in [-0.15, -0.1) is 0 Å². The number of benzene rings is 2. The van der Waals surface area contributed by atoms with Crippen LogP contribution < -0.4 is 10.1 Å². The molecule has 0 bridgehead atoms. The van der Waals surface area contributed by atoms with Gasteiger partial charge in [-0.3, -0.25) is 9.59 Å². The van der Waals surface area contributed by atoms with Crippen molar-refractivity contribution in [1.29, 1.82) is 0 Å². The van der Waals surface area contributed by atoms with E-state index in [0.717, 1.165) is 0 Å². The summed E-state index contributed by atoms with van der Waals surface area (Å²) in [4.78, 5) is 23.3. The Hall–Kier alpha value is -2.60. The van der Waals surface area contributed by atoms with E-state index < -0.39 is 17.7 Å². The largest absolute Gasteiger partial charge is 0.492 e. The SMILES string of the molecule is O=C(CCCOc1ccccc1Cl)NCC(C(=O)O)c1ccc(F)cc1. The van der Waals surface area contributed by atoms with E-state index >= 15 is 0 Å². The Labute approximate surface area is 155 Å². The standard InChI is InChI=1S/C19H19ClFNO4/c20-16-4-1-2-5-17(16)26-11-3-6-18(23)22-12-15(19(24)25)13-7-9-14(21)10-8-13/h1-2,4-5,7-10,15H,3,6,11-12H2,(H,22,23)(H,24,25). The van der Waals surface area contributed by atoms with Gasteiger partial charge in [0.1, 0.15) is 11.6 Å². The zero-order valence-electron chi connectivity index (χ0n) is 14.0. The Morgan fingerprint density at radius 1 is 1.15 bits per heavy atom. The Morgan fingerprint density at radius 3 is 2.50 bits per heavy atom. The van der Waals surface area contributed by atoms with Crippen LogP contribution in [0, 0.1) is 5.82 Å². The molecule has 7 heteroatoms. The van der Waals surface area contributed by atoms with Gasteiger partial charge in [0.2, 0.25) is 5.91 Å². The van der Waals surface area contributed by atoms with Crippen molar-refractivity contribution in [2.24, 2.45) is 0 Å². The molecule has 0 fully saturated rings. The van der Waals surface area contributed by atoms with Crippen LogP contribution in [0.25, 0.3) is 0 Å². The molecule has 0 aliphatic rings. The molecular formula is C19H19ClFNO4. The monoisotopic (exact) mass is 379 g/mol. The summed E-state index contributed by atoms with van der Waals surface area (Å²) in [5.74, 6) is -2.18. The first kappa shape index (κ1) is 19.7. The molecule has 2 rings (SSSR count). The number of amides is 1. The molecule has 26 heavy (non-hydrogen) atoms. The lowest BCUT2D eigenvalue weighted by atomic mass is 9.99. The number of aliphatic carboxylic acids is 1. The predicted molar refractivity (Wildman–Crippen MR) is 96.0 cm³/mol. The number of carbonyl (C=O) groups is 2. The van der Waals surface area contributed by atoms with Gasteiger partial charge in [-0.1, -0.05) is 35.9 Å². The molecule has 0 saturated heterocycles. The molecule has 0 aromatic heterocycles. The minimum absolute atomic E-state index is 0.0643. The van der Waals surface area contributed by atoms with Crippen molar-refractivity contribution in [2.75, 3.05) is 13.2 Å². The first-order valence-corrected chi connectivity index (χ1v) is 8.47. The van der Waals surface area contributed by atoms with Crippen LogP contribution in [0.1, 0.15) is 24.3 Å². The van der Waals surface area contributed by atoms with E-state index in [1.807, 2.05) is 0 Å². The quantitative estimate of drug-likeness (QED) is 0.652. The first-order chi connectivity index (χ1) is 12.5. The molecule has 0 radical (unpaired) electrons. The number of carboxylic acids is 1. The summed E-state index contributed by atoms with van der Waals surface area (Å²) in [5.41, 5.74) is 0.432. The fourth-order valence-electron chi connectivity index (χ4n) is 2.32. The fraction of sp³-hybridized carbons (Fsp3) is 0.263. The topological polar surface area (TPSA) is 75.6 Å². The van der Waals surface area contributed by atoms with Crippen molar-refractivity contribution < 1.29 is 23.8 Å². The molecule has 1 atom stereocenters. The van der Waals surface area contributed by atoms with Gasteiger partial charge >= 0.3 is 5.97 Å². The summed E-state index contributed by atoms with van der Waals surface area (Å²) in [6, 6.07) is 12.2. The summed E-state index contributed by atoms with van der Waals surface area (Å²) < 4.78 is 18.4. The van der Waals surface area contributed by atoms with Crippen molar-refractivity contribution in [1.82, 2.24) is 5.32 Å². The van der Waals surface area contributed by atoms with Gasteiger partial charge in [-0.05, 0) is 36.2 Å². The number of hydrogen-bond donors (Lipinski definition) is 2. The molecule has 0 aliphatic carbocycles. The van der Waals surface area contributed by atoms with E-state index in [1.54, 1.807) is 24.3 Å². The third-order valence-corrected chi connectivity index (χ3v) is 4.03. The Balaban J connectivity index is 1.75. The number of ether oxygens (including phenoxy) is 1. The van der Waals surface area contributed by atoms with Gasteiger partial charge in [0.25, 0.3) is 0 Å². The highest BCUT2D eigenvalue weighted by molar-refractivity contribution is 6.32. The highest BCUT2D eigenvalue weighted by Gasteiger charge is 2.20. The van der Waals surface area contributed by atoms with E-state index in [9.17, 15) is 19.1 Å². The second kappa shape index (κ2) is 9.77. The van der Waals surface area contributed by atoms with Crippen LogP contribution in [-0.4, -0.2) is 30.1 Å². The maximum atomic E-state index is 12.9. The molecule has 1 amide bonds. The minimum Gasteiger partial charge on any atom is -0.492 e. The average molecular weight is 380 g/mol. The molecule has 2 aromatic rings. The molecule has 138 valence electrons. The van der Waals surface area contributed by atoms with E-state index in [4.69, 9.17) is 16.3 Å². The van der Waals surface area contributed by atoms with Gasteiger partial charge in [0.05, 0.1) is 17.5 Å². The number of para-hydroxylation sites is 1. The summed E-state index contributed by atoms with van der Waals surface area (Å²) in [6.07, 6.45) is 0.658. The predicted octanol–water partition coefficient (Wildman–Crippen LogP) is 3.62. The van der Waals surface area contributed by atoms with Crippen molar-refractivity contribution >= 4 is 23.5 Å². The maximum absolute atomic E-state index is 12.9. The summed E-state index contributed by atoms with van der Waals surface area (Å²) in [7, 11) is 0. The number of rotatable bonds is 9. The van der Waals surface area contributed by atoms with Crippen LogP contribution in [0.2, 0.25) is 5.02 Å². The molecule has 0 heterocycles. The van der Waals surface area contributed by atoms with Crippen LogP contribution in [0.5, 0.6) is 5.75 Å². The van der Waals surface area contributed by atoms with Crippen LogP contribution >= 0.6 is 11.6 Å². The zero-order chi connectivity index (χ0) is 18.9. The van der Waals surface area contributed by atoms with Gasteiger partial charge < -0.3 is 15.2 Å². The second-order valence-electron chi connectivity index (χ2n) is 5.63. The Kier molecular flexibility index (Phi) is 7.41. The molecule has 1 unspecified atom stereocenters. The van der Waals surface area contributed by atoms with Gasteiger partial charge in [0, 0.05) is 13.0 Å². The minimum atomic E-state index is -1.08. The van der Waals surface area contributed by atoms with E-state index in [1.165, 1.54) is 24.3 Å². The third kappa shape index (κ3) is 6.04. The number of carboxylic acid groups (broad SMARTS) is 1. The number of carbonyl (C=O) groups excluding carboxylic acids is 1. The molecule has 5 nitrogen and oxygen atoms in total. The van der Waals surface area contributed by atoms with Gasteiger partial charge in [-0.2, -0.15) is 0 Å². The highest BCUT2D eigenvalue weighted by atomic mass is 35.5. The lowest BCUT2D eigenvalue weighted by Gasteiger charge is -2.14. The number of nitrogens with one attached hydrogen (secondary N) is 1. The Morgan fingerprint density at radius 2 is 1.85 bits per heavy atom. The van der Waals surface area contributed by atoms with Crippen molar-refractivity contribution in [3.8, 4) is 5.75 Å². The van der Waals surface area contributed by atoms with Crippen LogP contribution in [-0.2, 0) is 9.59 Å². The maximum Gasteiger partial charge on any atom is 0.312 e. The molecule has 0 spiro atoms. The van der Waals surface area contributed by atoms with Gasteiger partial charge in [0.15, 0.2) is 0 Å². The molecule has 2 aromatic carbocycles. The highest BCUT2D eigenvalue weighted by Crippen LogP contribution is 2.23. The third-order valence-electron chi connectivity index (χ3n) is 3.72. The average Bonchev–Trinajstić information content (AvgIpc) is 2.61. The van der Waals surface area contributed by atoms with E-state index in [-0.39, 0.29) is 18.9 Å². The number of halogens is 2. The van der Waals surface area contributed by atoms with Crippen molar-refractivity contribution in [2.45, 2.75) is 18.8 Å². The molecule has 0 saturated carbocycles. The summed E-state index contributed by atoms with van der Waals surface area (Å²) in [6.45, 7) is 0.253. The first-order valence-electron chi connectivity index (χ1n) is 8.09. The fourth-order valence-corrected chi connectivity index (χ4v) is 2.51. The summed E-state index contributed by atoms with van der Waals surface area (Å²) in [5, 5.41) is 12.4. The smallest absolute Gasteiger partial charge is 0.312 e. The normalized spacial score (nSPS) is 11.6. The lowest BCUT2D eigenvalue weighted by molar-refractivity contribution is -0.138. The van der Waals surface area contributed by atoms with Gasteiger partial charge in [-0.25, -0.2) is 4.39 Å². The molecule has 0 aliphatic heterocycles. The van der Waals surface area contributed by atoms with E-state index in [0.29, 0.717) is 29.4 Å².